The Morgan fingerprint density at radius 2 is 1.95 bits per heavy atom. The standard InChI is InChI=1S/C16H15N3O/c1-10-5-3-6-12(9-10)15-14(11(2)18-19-15)13-7-4-8-17-16(13)20/h3-9H,1-2H3,(H,17,20)(H,18,19). The molecule has 0 radical (unpaired) electrons. The molecule has 0 saturated heterocycles. The predicted molar refractivity (Wildman–Crippen MR) is 79.6 cm³/mol. The highest BCUT2D eigenvalue weighted by Crippen LogP contribution is 2.31. The van der Waals surface area contributed by atoms with Crippen molar-refractivity contribution < 1.29 is 0 Å². The number of hydrogen-bond acceptors (Lipinski definition) is 2. The Hall–Kier alpha value is -2.62. The van der Waals surface area contributed by atoms with E-state index in [2.05, 4.69) is 21.2 Å². The maximum atomic E-state index is 12.0. The van der Waals surface area contributed by atoms with E-state index >= 15 is 0 Å². The zero-order valence-electron chi connectivity index (χ0n) is 11.4. The number of nitrogens with zero attached hydrogens (tertiary/aromatic N) is 1. The molecule has 0 unspecified atom stereocenters. The third kappa shape index (κ3) is 2.05. The number of aromatic nitrogens is 3. The highest BCUT2D eigenvalue weighted by Gasteiger charge is 2.16. The Morgan fingerprint density at radius 1 is 1.10 bits per heavy atom. The summed E-state index contributed by atoms with van der Waals surface area (Å²) < 4.78 is 0. The van der Waals surface area contributed by atoms with Gasteiger partial charge in [-0.25, -0.2) is 0 Å². The van der Waals surface area contributed by atoms with Gasteiger partial charge in [-0.15, -0.1) is 0 Å². The van der Waals surface area contributed by atoms with E-state index in [-0.39, 0.29) is 5.56 Å². The first-order valence-corrected chi connectivity index (χ1v) is 6.47. The number of aryl methyl sites for hydroxylation is 2. The van der Waals surface area contributed by atoms with Gasteiger partial charge in [0, 0.05) is 23.0 Å². The quantitative estimate of drug-likeness (QED) is 0.748. The van der Waals surface area contributed by atoms with Gasteiger partial charge in [-0.2, -0.15) is 5.10 Å². The number of hydrogen-bond donors (Lipinski definition) is 2. The van der Waals surface area contributed by atoms with Gasteiger partial charge in [-0.05, 0) is 32.0 Å². The minimum atomic E-state index is -0.106. The zero-order chi connectivity index (χ0) is 14.1. The molecule has 0 atom stereocenters. The lowest BCUT2D eigenvalue weighted by molar-refractivity contribution is 1.05. The fraction of sp³-hybridized carbons (Fsp3) is 0.125. The summed E-state index contributed by atoms with van der Waals surface area (Å²) in [7, 11) is 0. The van der Waals surface area contributed by atoms with Crippen LogP contribution in [0.2, 0.25) is 0 Å². The predicted octanol–water partition coefficient (Wildman–Crippen LogP) is 3.05. The molecule has 3 aromatic rings. The molecule has 0 amide bonds. The molecule has 0 fully saturated rings. The normalized spacial score (nSPS) is 10.7. The molecular formula is C16H15N3O. The van der Waals surface area contributed by atoms with Crippen LogP contribution in [-0.4, -0.2) is 15.2 Å². The van der Waals surface area contributed by atoms with Crippen LogP contribution in [0.15, 0.2) is 47.4 Å². The van der Waals surface area contributed by atoms with Crippen LogP contribution in [0.3, 0.4) is 0 Å². The van der Waals surface area contributed by atoms with E-state index in [0.29, 0.717) is 5.56 Å². The van der Waals surface area contributed by atoms with Crippen molar-refractivity contribution in [3.63, 3.8) is 0 Å². The van der Waals surface area contributed by atoms with E-state index in [0.717, 1.165) is 28.1 Å². The molecule has 2 N–H and O–H groups in total. The molecule has 0 aliphatic heterocycles. The van der Waals surface area contributed by atoms with Crippen LogP contribution >= 0.6 is 0 Å². The van der Waals surface area contributed by atoms with E-state index in [1.165, 1.54) is 0 Å². The summed E-state index contributed by atoms with van der Waals surface area (Å²) in [5.74, 6) is 0. The smallest absolute Gasteiger partial charge is 0.255 e. The summed E-state index contributed by atoms with van der Waals surface area (Å²) >= 11 is 0. The van der Waals surface area contributed by atoms with E-state index in [1.807, 2.05) is 44.2 Å². The van der Waals surface area contributed by atoms with Gasteiger partial charge >= 0.3 is 0 Å². The fourth-order valence-corrected chi connectivity index (χ4v) is 2.38. The third-order valence-electron chi connectivity index (χ3n) is 3.33. The first-order chi connectivity index (χ1) is 9.66. The van der Waals surface area contributed by atoms with Crippen molar-refractivity contribution >= 4 is 0 Å². The Bertz CT molecular complexity index is 814. The largest absolute Gasteiger partial charge is 0.329 e. The second-order valence-electron chi connectivity index (χ2n) is 4.85. The Kier molecular flexibility index (Phi) is 2.99. The van der Waals surface area contributed by atoms with E-state index in [1.54, 1.807) is 6.20 Å². The average Bonchev–Trinajstić information content (AvgIpc) is 2.81. The summed E-state index contributed by atoms with van der Waals surface area (Å²) in [4.78, 5) is 14.7. The van der Waals surface area contributed by atoms with Gasteiger partial charge in [0.05, 0.1) is 5.56 Å². The monoisotopic (exact) mass is 265 g/mol. The highest BCUT2D eigenvalue weighted by atomic mass is 16.1. The lowest BCUT2D eigenvalue weighted by atomic mass is 9.99. The van der Waals surface area contributed by atoms with Crippen molar-refractivity contribution in [1.29, 1.82) is 0 Å². The van der Waals surface area contributed by atoms with Crippen LogP contribution in [0.4, 0.5) is 0 Å². The average molecular weight is 265 g/mol. The molecule has 4 nitrogen and oxygen atoms in total. The van der Waals surface area contributed by atoms with Gasteiger partial charge in [-0.1, -0.05) is 23.8 Å². The van der Waals surface area contributed by atoms with Gasteiger partial charge < -0.3 is 4.98 Å². The Balaban J connectivity index is 2.26. The molecule has 0 aliphatic carbocycles. The fourth-order valence-electron chi connectivity index (χ4n) is 2.38. The summed E-state index contributed by atoms with van der Waals surface area (Å²) in [5, 5.41) is 7.34. The second kappa shape index (κ2) is 4.81. The molecule has 0 spiro atoms. The molecule has 0 bridgehead atoms. The van der Waals surface area contributed by atoms with Crippen LogP contribution in [0.5, 0.6) is 0 Å². The second-order valence-corrected chi connectivity index (χ2v) is 4.85. The number of rotatable bonds is 2. The van der Waals surface area contributed by atoms with Gasteiger partial charge in [-0.3, -0.25) is 9.89 Å². The van der Waals surface area contributed by atoms with Crippen molar-refractivity contribution in [1.82, 2.24) is 15.2 Å². The number of H-pyrrole nitrogens is 2. The number of pyridine rings is 1. The zero-order valence-corrected chi connectivity index (χ0v) is 11.4. The van der Waals surface area contributed by atoms with Crippen LogP contribution in [0.1, 0.15) is 11.3 Å². The molecular weight excluding hydrogens is 250 g/mol. The molecule has 1 aromatic carbocycles. The topological polar surface area (TPSA) is 61.5 Å². The van der Waals surface area contributed by atoms with Crippen LogP contribution in [0.25, 0.3) is 22.4 Å². The van der Waals surface area contributed by atoms with E-state index in [9.17, 15) is 4.79 Å². The SMILES string of the molecule is Cc1cccc(-c2n[nH]c(C)c2-c2ccc[nH]c2=O)c1. The third-order valence-corrected chi connectivity index (χ3v) is 3.33. The summed E-state index contributed by atoms with van der Waals surface area (Å²) in [6.45, 7) is 3.96. The summed E-state index contributed by atoms with van der Waals surface area (Å²) in [6, 6.07) is 11.7. The van der Waals surface area contributed by atoms with Crippen molar-refractivity contribution in [2.75, 3.05) is 0 Å². The van der Waals surface area contributed by atoms with Crippen LogP contribution in [0, 0.1) is 13.8 Å². The number of aromatic amines is 2. The van der Waals surface area contributed by atoms with Crippen LogP contribution < -0.4 is 5.56 Å². The number of nitrogens with one attached hydrogen (secondary N) is 2. The molecule has 2 aromatic heterocycles. The van der Waals surface area contributed by atoms with Gasteiger partial charge in [0.25, 0.3) is 5.56 Å². The molecule has 2 heterocycles. The van der Waals surface area contributed by atoms with Gasteiger partial charge in [0.1, 0.15) is 5.69 Å². The maximum absolute atomic E-state index is 12.0. The van der Waals surface area contributed by atoms with E-state index < -0.39 is 0 Å². The molecule has 0 aliphatic rings. The maximum Gasteiger partial charge on any atom is 0.255 e. The number of benzene rings is 1. The van der Waals surface area contributed by atoms with Crippen molar-refractivity contribution in [3.8, 4) is 22.4 Å². The van der Waals surface area contributed by atoms with Gasteiger partial charge in [0.15, 0.2) is 0 Å². The Morgan fingerprint density at radius 3 is 2.70 bits per heavy atom. The first-order valence-electron chi connectivity index (χ1n) is 6.47. The summed E-state index contributed by atoms with van der Waals surface area (Å²) in [6.07, 6.45) is 1.63. The Labute approximate surface area is 116 Å². The molecule has 4 heteroatoms. The molecule has 20 heavy (non-hydrogen) atoms. The first kappa shape index (κ1) is 12.4. The van der Waals surface area contributed by atoms with E-state index in [4.69, 9.17) is 0 Å². The van der Waals surface area contributed by atoms with Crippen molar-refractivity contribution in [2.24, 2.45) is 0 Å². The van der Waals surface area contributed by atoms with Crippen molar-refractivity contribution in [3.05, 3.63) is 64.2 Å². The van der Waals surface area contributed by atoms with Gasteiger partial charge in [0.2, 0.25) is 0 Å². The lowest BCUT2D eigenvalue weighted by Crippen LogP contribution is -2.07. The minimum absolute atomic E-state index is 0.106. The molecule has 3 rings (SSSR count). The highest BCUT2D eigenvalue weighted by molar-refractivity contribution is 5.82. The summed E-state index contributed by atoms with van der Waals surface area (Å²) in [5.41, 5.74) is 5.25. The molecule has 100 valence electrons. The lowest BCUT2D eigenvalue weighted by Gasteiger charge is -2.04. The van der Waals surface area contributed by atoms with Crippen molar-refractivity contribution in [2.45, 2.75) is 13.8 Å². The molecule has 0 saturated carbocycles. The minimum Gasteiger partial charge on any atom is -0.329 e. The van der Waals surface area contributed by atoms with Crippen LogP contribution in [-0.2, 0) is 0 Å².